The van der Waals surface area contributed by atoms with E-state index < -0.39 is 5.60 Å². The lowest BCUT2D eigenvalue weighted by atomic mass is 10.1. The maximum Gasteiger partial charge on any atom is 0.0899 e. The van der Waals surface area contributed by atoms with Crippen LogP contribution in [0.15, 0.2) is 5.11 Å². The van der Waals surface area contributed by atoms with Gasteiger partial charge in [0.05, 0.1) is 18.1 Å². The van der Waals surface area contributed by atoms with Gasteiger partial charge in [0.2, 0.25) is 0 Å². The molecule has 0 amide bonds. The van der Waals surface area contributed by atoms with Gasteiger partial charge in [-0.3, -0.25) is 0 Å². The molecule has 5 heteroatoms. The van der Waals surface area contributed by atoms with E-state index in [1.807, 2.05) is 13.8 Å². The standard InChI is InChI=1S/C5H11N3OS/c1-5(2,9-4-10)3-7-8-6/h10H,3-4H2,1-2H3. The number of azide groups is 1. The quantitative estimate of drug-likeness (QED) is 0.221. The molecule has 0 saturated heterocycles. The summed E-state index contributed by atoms with van der Waals surface area (Å²) in [6.45, 7) is 4.03. The second-order valence-electron chi connectivity index (χ2n) is 2.42. The third-order valence-electron chi connectivity index (χ3n) is 0.970. The van der Waals surface area contributed by atoms with Gasteiger partial charge in [-0.1, -0.05) is 5.11 Å². The molecule has 0 heterocycles. The predicted octanol–water partition coefficient (Wildman–Crippen LogP) is 1.98. The molecule has 0 spiro atoms. The molecule has 0 aromatic heterocycles. The minimum Gasteiger partial charge on any atom is -0.365 e. The smallest absolute Gasteiger partial charge is 0.0899 e. The van der Waals surface area contributed by atoms with Crippen molar-refractivity contribution in [1.82, 2.24) is 0 Å². The molecule has 0 unspecified atom stereocenters. The molecule has 0 aliphatic carbocycles. The fourth-order valence-corrected chi connectivity index (χ4v) is 0.772. The topological polar surface area (TPSA) is 58.0 Å². The highest BCUT2D eigenvalue weighted by atomic mass is 32.1. The number of ether oxygens (including phenoxy) is 1. The number of nitrogens with zero attached hydrogens (tertiary/aromatic N) is 3. The number of hydrogen-bond donors (Lipinski definition) is 1. The predicted molar refractivity (Wildman–Crippen MR) is 43.0 cm³/mol. The van der Waals surface area contributed by atoms with Gasteiger partial charge in [-0.05, 0) is 19.4 Å². The summed E-state index contributed by atoms with van der Waals surface area (Å²) in [6.07, 6.45) is 0. The maximum absolute atomic E-state index is 7.98. The number of hydrogen-bond acceptors (Lipinski definition) is 3. The highest BCUT2D eigenvalue weighted by Gasteiger charge is 2.15. The van der Waals surface area contributed by atoms with E-state index in [0.29, 0.717) is 12.5 Å². The summed E-state index contributed by atoms with van der Waals surface area (Å²) >= 11 is 3.88. The Morgan fingerprint density at radius 1 is 1.70 bits per heavy atom. The lowest BCUT2D eigenvalue weighted by molar-refractivity contribution is 0.0209. The first-order chi connectivity index (χ1) is 4.62. The summed E-state index contributed by atoms with van der Waals surface area (Å²) < 4.78 is 5.13. The van der Waals surface area contributed by atoms with Crippen LogP contribution in [0.4, 0.5) is 0 Å². The van der Waals surface area contributed by atoms with Crippen molar-refractivity contribution in [2.75, 3.05) is 12.5 Å². The molecule has 4 nitrogen and oxygen atoms in total. The van der Waals surface area contributed by atoms with Crippen LogP contribution in [0.25, 0.3) is 10.4 Å². The molecule has 0 rings (SSSR count). The van der Waals surface area contributed by atoms with Crippen molar-refractivity contribution in [3.63, 3.8) is 0 Å². The van der Waals surface area contributed by atoms with Gasteiger partial charge in [-0.15, -0.1) is 0 Å². The summed E-state index contributed by atoms with van der Waals surface area (Å²) in [5.41, 5.74) is 7.59. The summed E-state index contributed by atoms with van der Waals surface area (Å²) in [4.78, 5) is 2.62. The average Bonchev–Trinajstić information content (AvgIpc) is 1.84. The first-order valence-electron chi connectivity index (χ1n) is 2.88. The molecule has 0 N–H and O–H groups in total. The lowest BCUT2D eigenvalue weighted by Gasteiger charge is -2.21. The molecule has 0 aliphatic heterocycles. The van der Waals surface area contributed by atoms with Crippen molar-refractivity contribution in [2.45, 2.75) is 19.4 Å². The second-order valence-corrected chi connectivity index (χ2v) is 2.68. The number of rotatable bonds is 4. The van der Waals surface area contributed by atoms with E-state index in [-0.39, 0.29) is 0 Å². The Labute approximate surface area is 65.6 Å². The molecule has 0 aromatic carbocycles. The van der Waals surface area contributed by atoms with Crippen LogP contribution in [0.1, 0.15) is 13.8 Å². The van der Waals surface area contributed by atoms with Crippen molar-refractivity contribution in [3.8, 4) is 0 Å². The first kappa shape index (κ1) is 9.62. The lowest BCUT2D eigenvalue weighted by Crippen LogP contribution is -2.27. The molecular formula is C5H11N3OS. The van der Waals surface area contributed by atoms with Gasteiger partial charge in [-0.2, -0.15) is 12.6 Å². The first-order valence-corrected chi connectivity index (χ1v) is 3.51. The Hall–Kier alpha value is -0.380. The maximum atomic E-state index is 7.98. The van der Waals surface area contributed by atoms with Crippen molar-refractivity contribution < 1.29 is 4.74 Å². The largest absolute Gasteiger partial charge is 0.365 e. The Bertz CT molecular complexity index is 142. The van der Waals surface area contributed by atoms with Crippen LogP contribution >= 0.6 is 12.6 Å². The van der Waals surface area contributed by atoms with Crippen LogP contribution in [0.3, 0.4) is 0 Å². The molecule has 10 heavy (non-hydrogen) atoms. The highest BCUT2D eigenvalue weighted by Crippen LogP contribution is 2.09. The minimum atomic E-state index is -0.395. The van der Waals surface area contributed by atoms with Crippen molar-refractivity contribution in [2.24, 2.45) is 5.11 Å². The number of thiol groups is 1. The van der Waals surface area contributed by atoms with Gasteiger partial charge < -0.3 is 4.74 Å². The summed E-state index contributed by atoms with van der Waals surface area (Å²) in [7, 11) is 0. The normalized spacial score (nSPS) is 10.7. The zero-order valence-electron chi connectivity index (χ0n) is 6.11. The van der Waals surface area contributed by atoms with E-state index in [1.54, 1.807) is 0 Å². The zero-order valence-corrected chi connectivity index (χ0v) is 7.01. The average molecular weight is 161 g/mol. The minimum absolute atomic E-state index is 0.337. The summed E-state index contributed by atoms with van der Waals surface area (Å²) in [5, 5.41) is 3.38. The van der Waals surface area contributed by atoms with Gasteiger partial charge in [0, 0.05) is 4.91 Å². The van der Waals surface area contributed by atoms with E-state index in [9.17, 15) is 0 Å². The Kier molecular flexibility index (Phi) is 4.27. The Balaban J connectivity index is 3.73. The van der Waals surface area contributed by atoms with Gasteiger partial charge in [0.25, 0.3) is 0 Å². The molecule has 0 fully saturated rings. The zero-order chi connectivity index (χ0) is 8.04. The van der Waals surface area contributed by atoms with Crippen LogP contribution in [-0.4, -0.2) is 18.1 Å². The molecule has 0 radical (unpaired) electrons. The van der Waals surface area contributed by atoms with Crippen molar-refractivity contribution >= 4 is 12.6 Å². The fraction of sp³-hybridized carbons (Fsp3) is 1.00. The van der Waals surface area contributed by atoms with E-state index in [2.05, 4.69) is 22.7 Å². The third kappa shape index (κ3) is 4.49. The molecule has 0 aliphatic rings. The van der Waals surface area contributed by atoms with Crippen LogP contribution in [0.5, 0.6) is 0 Å². The second kappa shape index (κ2) is 4.44. The summed E-state index contributed by atoms with van der Waals surface area (Å²) in [6, 6.07) is 0. The van der Waals surface area contributed by atoms with Crippen LogP contribution in [0, 0.1) is 0 Å². The Morgan fingerprint density at radius 2 is 2.30 bits per heavy atom. The molecule has 0 atom stereocenters. The molecule has 0 bridgehead atoms. The molecule has 0 saturated carbocycles. The summed E-state index contributed by atoms with van der Waals surface area (Å²) in [5.74, 6) is 0.341. The fourth-order valence-electron chi connectivity index (χ4n) is 0.422. The van der Waals surface area contributed by atoms with Crippen LogP contribution in [-0.2, 0) is 4.74 Å². The van der Waals surface area contributed by atoms with Crippen molar-refractivity contribution in [1.29, 1.82) is 0 Å². The highest BCUT2D eigenvalue weighted by molar-refractivity contribution is 7.80. The molecule has 0 aromatic rings. The van der Waals surface area contributed by atoms with Gasteiger partial charge in [0.15, 0.2) is 0 Å². The third-order valence-corrected chi connectivity index (χ3v) is 1.10. The van der Waals surface area contributed by atoms with Gasteiger partial charge in [0.1, 0.15) is 0 Å². The Morgan fingerprint density at radius 3 is 2.70 bits per heavy atom. The van der Waals surface area contributed by atoms with E-state index >= 15 is 0 Å². The van der Waals surface area contributed by atoms with Crippen molar-refractivity contribution in [3.05, 3.63) is 10.4 Å². The van der Waals surface area contributed by atoms with Crippen LogP contribution in [0.2, 0.25) is 0 Å². The van der Waals surface area contributed by atoms with Crippen LogP contribution < -0.4 is 0 Å². The van der Waals surface area contributed by atoms with E-state index in [4.69, 9.17) is 10.3 Å². The van der Waals surface area contributed by atoms with E-state index in [0.717, 1.165) is 0 Å². The van der Waals surface area contributed by atoms with Gasteiger partial charge >= 0.3 is 0 Å². The van der Waals surface area contributed by atoms with Gasteiger partial charge in [-0.25, -0.2) is 0 Å². The molecular weight excluding hydrogens is 150 g/mol. The SMILES string of the molecule is CC(C)(CN=[N+]=[N-])OCS. The van der Waals surface area contributed by atoms with E-state index in [1.165, 1.54) is 0 Å². The molecule has 58 valence electrons. The monoisotopic (exact) mass is 161 g/mol.